The first-order valence-electron chi connectivity index (χ1n) is 8.93. The second kappa shape index (κ2) is 7.36. The highest BCUT2D eigenvalue weighted by Gasteiger charge is 2.34. The van der Waals surface area contributed by atoms with Crippen LogP contribution < -0.4 is 15.0 Å². The highest BCUT2D eigenvalue weighted by molar-refractivity contribution is 5.97. The summed E-state index contributed by atoms with van der Waals surface area (Å²) in [6.45, 7) is 1.93. The molecule has 2 aromatic carbocycles. The smallest absolute Gasteiger partial charge is 0.242 e. The van der Waals surface area contributed by atoms with Gasteiger partial charge < -0.3 is 15.0 Å². The van der Waals surface area contributed by atoms with Crippen molar-refractivity contribution < 1.29 is 18.7 Å². The number of nitrogens with zero attached hydrogens (tertiary/aromatic N) is 2. The van der Waals surface area contributed by atoms with Crippen LogP contribution in [0.1, 0.15) is 11.6 Å². The summed E-state index contributed by atoms with van der Waals surface area (Å²) in [5, 5.41) is 2.80. The molecule has 1 saturated heterocycles. The van der Waals surface area contributed by atoms with Gasteiger partial charge in [0.2, 0.25) is 11.8 Å². The van der Waals surface area contributed by atoms with Crippen molar-refractivity contribution in [3.63, 3.8) is 0 Å². The van der Waals surface area contributed by atoms with Crippen LogP contribution in [0.5, 0.6) is 5.75 Å². The Balaban J connectivity index is 1.57. The fourth-order valence-corrected chi connectivity index (χ4v) is 3.61. The maximum Gasteiger partial charge on any atom is 0.242 e. The summed E-state index contributed by atoms with van der Waals surface area (Å²) < 4.78 is 19.3. The van der Waals surface area contributed by atoms with E-state index < -0.39 is 11.9 Å². The molecule has 27 heavy (non-hydrogen) atoms. The molecule has 2 aliphatic rings. The first-order chi connectivity index (χ1) is 13.1. The van der Waals surface area contributed by atoms with Crippen molar-refractivity contribution in [3.05, 3.63) is 59.9 Å². The molecular weight excluding hydrogens is 349 g/mol. The first-order valence-corrected chi connectivity index (χ1v) is 8.93. The zero-order chi connectivity index (χ0) is 18.8. The van der Waals surface area contributed by atoms with Crippen LogP contribution in [-0.4, -0.2) is 49.5 Å². The van der Waals surface area contributed by atoms with Gasteiger partial charge in [-0.15, -0.1) is 0 Å². The molecule has 0 saturated carbocycles. The van der Waals surface area contributed by atoms with Crippen LogP contribution in [0.15, 0.2) is 48.5 Å². The first kappa shape index (κ1) is 17.5. The molecule has 2 heterocycles. The third-order valence-electron chi connectivity index (χ3n) is 4.84. The number of amides is 2. The second-order valence-corrected chi connectivity index (χ2v) is 6.58. The minimum Gasteiger partial charge on any atom is -0.490 e. The fraction of sp³-hybridized carbons (Fsp3) is 0.300. The lowest BCUT2D eigenvalue weighted by molar-refractivity contribution is -0.131. The molecule has 0 radical (unpaired) electrons. The quantitative estimate of drug-likeness (QED) is 0.895. The van der Waals surface area contributed by atoms with E-state index in [0.29, 0.717) is 37.6 Å². The average molecular weight is 369 g/mol. The van der Waals surface area contributed by atoms with Crippen LogP contribution >= 0.6 is 0 Å². The van der Waals surface area contributed by atoms with Gasteiger partial charge in [0.1, 0.15) is 24.2 Å². The van der Waals surface area contributed by atoms with E-state index in [9.17, 15) is 14.0 Å². The van der Waals surface area contributed by atoms with Crippen LogP contribution in [0.4, 0.5) is 10.1 Å². The highest BCUT2D eigenvalue weighted by Crippen LogP contribution is 2.31. The van der Waals surface area contributed by atoms with Crippen molar-refractivity contribution in [3.8, 4) is 5.75 Å². The maximum atomic E-state index is 13.7. The summed E-state index contributed by atoms with van der Waals surface area (Å²) in [7, 11) is 0. The van der Waals surface area contributed by atoms with Crippen molar-refractivity contribution in [2.75, 3.05) is 37.7 Å². The highest BCUT2D eigenvalue weighted by atomic mass is 19.1. The van der Waals surface area contributed by atoms with Gasteiger partial charge in [-0.1, -0.05) is 24.3 Å². The molecule has 1 atom stereocenters. The molecule has 0 bridgehead atoms. The summed E-state index contributed by atoms with van der Waals surface area (Å²) in [6, 6.07) is 12.7. The zero-order valence-electron chi connectivity index (χ0n) is 14.7. The molecule has 1 N–H and O–H groups in total. The lowest BCUT2D eigenvalue weighted by Crippen LogP contribution is -2.53. The maximum absolute atomic E-state index is 13.7. The van der Waals surface area contributed by atoms with Crippen molar-refractivity contribution in [1.82, 2.24) is 10.2 Å². The van der Waals surface area contributed by atoms with E-state index in [1.165, 1.54) is 12.1 Å². The van der Waals surface area contributed by atoms with Crippen molar-refractivity contribution >= 4 is 17.5 Å². The number of ether oxygens (including phenoxy) is 1. The number of carbonyl (C=O) groups is 2. The number of halogens is 1. The van der Waals surface area contributed by atoms with Gasteiger partial charge in [-0.3, -0.25) is 14.5 Å². The largest absolute Gasteiger partial charge is 0.490 e. The third kappa shape index (κ3) is 3.50. The Morgan fingerprint density at radius 3 is 2.89 bits per heavy atom. The Morgan fingerprint density at radius 1 is 1.19 bits per heavy atom. The minimum absolute atomic E-state index is 0.0724. The molecule has 2 aliphatic heterocycles. The van der Waals surface area contributed by atoms with E-state index in [0.717, 1.165) is 5.69 Å². The van der Waals surface area contributed by atoms with Gasteiger partial charge in [-0.2, -0.15) is 0 Å². The number of hydrogen-bond acceptors (Lipinski definition) is 4. The number of rotatable bonds is 3. The minimum atomic E-state index is -0.685. The number of benzene rings is 2. The predicted molar refractivity (Wildman–Crippen MR) is 98.0 cm³/mol. The van der Waals surface area contributed by atoms with Gasteiger partial charge >= 0.3 is 0 Å². The topological polar surface area (TPSA) is 61.9 Å². The summed E-state index contributed by atoms with van der Waals surface area (Å²) in [4.78, 5) is 28.9. The average Bonchev–Trinajstić information content (AvgIpc) is 2.67. The molecule has 0 aromatic heterocycles. The van der Waals surface area contributed by atoms with Crippen LogP contribution in [-0.2, 0) is 9.59 Å². The van der Waals surface area contributed by atoms with Crippen LogP contribution in [0.25, 0.3) is 0 Å². The number of anilines is 1. The number of piperazine rings is 1. The molecule has 2 amide bonds. The molecule has 6 nitrogen and oxygen atoms in total. The summed E-state index contributed by atoms with van der Waals surface area (Å²) in [5.41, 5.74) is 1.28. The molecule has 140 valence electrons. The molecule has 7 heteroatoms. The summed E-state index contributed by atoms with van der Waals surface area (Å²) >= 11 is 0. The fourth-order valence-electron chi connectivity index (χ4n) is 3.61. The molecule has 0 aliphatic carbocycles. The number of para-hydroxylation sites is 2. The molecule has 1 unspecified atom stereocenters. The number of hydrogen-bond donors (Lipinski definition) is 1. The molecule has 0 spiro atoms. The zero-order valence-corrected chi connectivity index (χ0v) is 14.7. The van der Waals surface area contributed by atoms with Gasteiger partial charge in [0.15, 0.2) is 0 Å². The number of fused-ring (bicyclic) bond motifs is 1. The van der Waals surface area contributed by atoms with Gasteiger partial charge in [0, 0.05) is 13.1 Å². The molecular formula is C20H20FN3O3. The Morgan fingerprint density at radius 2 is 2.04 bits per heavy atom. The Hall–Kier alpha value is -2.93. The Labute approximate surface area is 156 Å². The molecule has 1 fully saturated rings. The lowest BCUT2D eigenvalue weighted by Gasteiger charge is -2.37. The monoisotopic (exact) mass is 369 g/mol. The Bertz CT molecular complexity index is 873. The summed E-state index contributed by atoms with van der Waals surface area (Å²) in [6.07, 6.45) is 0. The van der Waals surface area contributed by atoms with Crippen LogP contribution in [0.3, 0.4) is 0 Å². The second-order valence-electron chi connectivity index (χ2n) is 6.58. The summed E-state index contributed by atoms with van der Waals surface area (Å²) in [5.74, 6) is -0.0571. The van der Waals surface area contributed by atoms with Gasteiger partial charge in [-0.25, -0.2) is 4.39 Å². The van der Waals surface area contributed by atoms with Crippen molar-refractivity contribution in [2.45, 2.75) is 6.04 Å². The molecule has 4 rings (SSSR count). The van der Waals surface area contributed by atoms with E-state index in [4.69, 9.17) is 4.74 Å². The van der Waals surface area contributed by atoms with Gasteiger partial charge in [0.25, 0.3) is 0 Å². The predicted octanol–water partition coefficient (Wildman–Crippen LogP) is 1.72. The standard InChI is InChI=1S/C20H20FN3O3/c21-15-5-3-4-14(12-15)19-20(26)22-8-9-23(19)13-18(25)24-10-11-27-17-7-2-1-6-16(17)24/h1-7,12,19H,8-11,13H2,(H,22,26). The number of carbonyl (C=O) groups excluding carboxylic acids is 2. The van der Waals surface area contributed by atoms with Crippen molar-refractivity contribution in [2.24, 2.45) is 0 Å². The van der Waals surface area contributed by atoms with E-state index in [2.05, 4.69) is 5.32 Å². The Kier molecular flexibility index (Phi) is 4.77. The SMILES string of the molecule is O=C1NCCN(CC(=O)N2CCOc3ccccc32)C1c1cccc(F)c1. The normalized spacial score (nSPS) is 19.8. The number of nitrogens with one attached hydrogen (secondary N) is 1. The van der Waals surface area contributed by atoms with E-state index in [1.807, 2.05) is 24.3 Å². The van der Waals surface area contributed by atoms with Gasteiger partial charge in [0.05, 0.1) is 18.8 Å². The van der Waals surface area contributed by atoms with E-state index >= 15 is 0 Å². The van der Waals surface area contributed by atoms with Crippen LogP contribution in [0.2, 0.25) is 0 Å². The lowest BCUT2D eigenvalue weighted by atomic mass is 10.0. The molecule has 2 aromatic rings. The van der Waals surface area contributed by atoms with E-state index in [-0.39, 0.29) is 18.4 Å². The van der Waals surface area contributed by atoms with E-state index in [1.54, 1.807) is 21.9 Å². The van der Waals surface area contributed by atoms with Crippen molar-refractivity contribution in [1.29, 1.82) is 0 Å². The van der Waals surface area contributed by atoms with Gasteiger partial charge in [-0.05, 0) is 29.8 Å². The van der Waals surface area contributed by atoms with Crippen LogP contribution in [0, 0.1) is 5.82 Å². The third-order valence-corrected chi connectivity index (χ3v) is 4.84.